The van der Waals surface area contributed by atoms with Crippen molar-refractivity contribution in [3.63, 3.8) is 0 Å². The van der Waals surface area contributed by atoms with Gasteiger partial charge in [-0.2, -0.15) is 0 Å². The summed E-state index contributed by atoms with van der Waals surface area (Å²) in [6, 6.07) is 4.30. The lowest BCUT2D eigenvalue weighted by molar-refractivity contribution is 0.0691. The van der Waals surface area contributed by atoms with Crippen LogP contribution in [0.3, 0.4) is 0 Å². The van der Waals surface area contributed by atoms with E-state index in [-0.39, 0.29) is 11.5 Å². The fourth-order valence-electron chi connectivity index (χ4n) is 1.14. The fraction of sp³-hybridized carbons (Fsp3) is 0. The van der Waals surface area contributed by atoms with Crippen molar-refractivity contribution in [2.75, 3.05) is 5.32 Å². The van der Waals surface area contributed by atoms with Crippen molar-refractivity contribution in [3.05, 3.63) is 38.7 Å². The van der Waals surface area contributed by atoms with E-state index in [0.717, 1.165) is 0 Å². The van der Waals surface area contributed by atoms with Gasteiger partial charge in [0.25, 0.3) is 0 Å². The molecular weight excluding hydrogens is 358 g/mol. The lowest BCUT2D eigenvalue weighted by atomic mass is 10.3. The van der Waals surface area contributed by atoms with Gasteiger partial charge in [-0.1, -0.05) is 0 Å². The van der Waals surface area contributed by atoms with Crippen LogP contribution in [0, 0.1) is 9.39 Å². The number of nitrogens with one attached hydrogen (secondary N) is 1. The highest BCUT2D eigenvalue weighted by atomic mass is 127. The van der Waals surface area contributed by atoms with Crippen LogP contribution in [0.5, 0.6) is 0 Å². The topological polar surface area (TPSA) is 62.2 Å². The highest BCUT2D eigenvalue weighted by Gasteiger charge is 2.09. The first-order chi connectivity index (χ1) is 8.06. The van der Waals surface area contributed by atoms with Gasteiger partial charge in [0.05, 0.1) is 5.69 Å². The number of anilines is 2. The van der Waals surface area contributed by atoms with Gasteiger partial charge in [-0.05, 0) is 40.8 Å². The van der Waals surface area contributed by atoms with Gasteiger partial charge in [-0.15, -0.1) is 11.3 Å². The Labute approximate surface area is 114 Å². The molecule has 2 N–H and O–H groups in total. The van der Waals surface area contributed by atoms with Gasteiger partial charge < -0.3 is 10.4 Å². The number of rotatable bonds is 3. The average molecular weight is 364 g/mol. The first-order valence-electron chi connectivity index (χ1n) is 4.47. The number of hydrogen-bond acceptors (Lipinski definition) is 4. The van der Waals surface area contributed by atoms with Gasteiger partial charge in [0.1, 0.15) is 5.82 Å². The van der Waals surface area contributed by atoms with E-state index in [9.17, 15) is 9.18 Å². The molecule has 1 heterocycles. The Morgan fingerprint density at radius 3 is 2.88 bits per heavy atom. The predicted molar refractivity (Wildman–Crippen MR) is 71.5 cm³/mol. The van der Waals surface area contributed by atoms with Crippen LogP contribution in [0.15, 0.2) is 23.6 Å². The molecule has 1 aromatic carbocycles. The number of carboxylic acid groups (broad SMARTS) is 1. The molecule has 0 aliphatic carbocycles. The molecule has 0 unspecified atom stereocenters. The first-order valence-corrected chi connectivity index (χ1v) is 6.43. The molecule has 0 radical (unpaired) electrons. The van der Waals surface area contributed by atoms with Crippen molar-refractivity contribution in [1.29, 1.82) is 0 Å². The van der Waals surface area contributed by atoms with Gasteiger partial charge in [0, 0.05) is 8.95 Å². The number of hydrogen-bond donors (Lipinski definition) is 2. The second kappa shape index (κ2) is 4.96. The van der Waals surface area contributed by atoms with Crippen LogP contribution in [-0.4, -0.2) is 16.1 Å². The molecule has 0 saturated carbocycles. The number of carboxylic acids is 1. The first kappa shape index (κ1) is 12.2. The zero-order valence-corrected chi connectivity index (χ0v) is 11.3. The Balaban J connectivity index is 2.22. The number of aromatic nitrogens is 1. The molecule has 0 spiro atoms. The fourth-order valence-corrected chi connectivity index (χ4v) is 2.44. The number of nitrogens with zero attached hydrogens (tertiary/aromatic N) is 1. The molecule has 0 amide bonds. The van der Waals surface area contributed by atoms with Crippen molar-refractivity contribution in [3.8, 4) is 0 Å². The maximum atomic E-state index is 12.9. The highest BCUT2D eigenvalue weighted by Crippen LogP contribution is 2.25. The molecule has 0 aliphatic heterocycles. The van der Waals surface area contributed by atoms with E-state index >= 15 is 0 Å². The van der Waals surface area contributed by atoms with Crippen LogP contribution in [-0.2, 0) is 0 Å². The van der Waals surface area contributed by atoms with E-state index in [1.54, 1.807) is 6.07 Å². The van der Waals surface area contributed by atoms with Crippen LogP contribution < -0.4 is 5.32 Å². The molecule has 2 rings (SSSR count). The standard InChI is InChI=1S/C10H6FIN2O2S/c11-5-1-2-7(6(12)3-5)13-10-14-8(4-17-10)9(15)16/h1-4H,(H,13,14)(H,15,16). The minimum absolute atomic E-state index is 0.00498. The molecule has 7 heteroatoms. The molecule has 17 heavy (non-hydrogen) atoms. The second-order valence-corrected chi connectivity index (χ2v) is 5.11. The van der Waals surface area contributed by atoms with Crippen LogP contribution in [0.1, 0.15) is 10.5 Å². The summed E-state index contributed by atoms with van der Waals surface area (Å²) < 4.78 is 13.6. The molecule has 1 aromatic heterocycles. The third-order valence-corrected chi connectivity index (χ3v) is 3.55. The summed E-state index contributed by atoms with van der Waals surface area (Å²) in [7, 11) is 0. The minimum Gasteiger partial charge on any atom is -0.476 e. The third kappa shape index (κ3) is 2.91. The molecule has 0 atom stereocenters. The van der Waals surface area contributed by atoms with Crippen LogP contribution >= 0.6 is 33.9 Å². The molecule has 4 nitrogen and oxygen atoms in total. The van der Waals surface area contributed by atoms with Crippen LogP contribution in [0.4, 0.5) is 15.2 Å². The van der Waals surface area contributed by atoms with Crippen LogP contribution in [0.2, 0.25) is 0 Å². The van der Waals surface area contributed by atoms with E-state index in [0.29, 0.717) is 14.4 Å². The average Bonchev–Trinajstić information content (AvgIpc) is 2.71. The minimum atomic E-state index is -1.07. The Kier molecular flexibility index (Phi) is 3.57. The van der Waals surface area contributed by atoms with E-state index in [1.807, 2.05) is 22.6 Å². The predicted octanol–water partition coefficient (Wildman–Crippen LogP) is 3.33. The van der Waals surface area contributed by atoms with E-state index in [1.165, 1.54) is 28.8 Å². The van der Waals surface area contributed by atoms with Gasteiger partial charge in [0.15, 0.2) is 10.8 Å². The largest absolute Gasteiger partial charge is 0.476 e. The molecule has 0 fully saturated rings. The number of halogens is 2. The molecule has 2 aromatic rings. The number of thiazole rings is 1. The van der Waals surface area contributed by atoms with E-state index in [2.05, 4.69) is 10.3 Å². The maximum absolute atomic E-state index is 12.9. The van der Waals surface area contributed by atoms with Crippen molar-refractivity contribution in [2.24, 2.45) is 0 Å². The summed E-state index contributed by atoms with van der Waals surface area (Å²) in [5.74, 6) is -1.38. The normalized spacial score (nSPS) is 10.2. The molecule has 0 bridgehead atoms. The summed E-state index contributed by atoms with van der Waals surface area (Å²) in [4.78, 5) is 14.5. The molecule has 0 aliphatic rings. The quantitative estimate of drug-likeness (QED) is 0.821. The van der Waals surface area contributed by atoms with Gasteiger partial charge in [-0.25, -0.2) is 14.2 Å². The Morgan fingerprint density at radius 2 is 2.29 bits per heavy atom. The maximum Gasteiger partial charge on any atom is 0.355 e. The molecule has 0 saturated heterocycles. The molecule has 88 valence electrons. The number of aromatic carboxylic acids is 1. The number of benzene rings is 1. The summed E-state index contributed by atoms with van der Waals surface area (Å²) in [6.45, 7) is 0. The Hall–Kier alpha value is -1.22. The molecular formula is C10H6FIN2O2S. The van der Waals surface area contributed by atoms with Crippen molar-refractivity contribution >= 4 is 50.7 Å². The van der Waals surface area contributed by atoms with Gasteiger partial charge in [-0.3, -0.25) is 0 Å². The SMILES string of the molecule is O=C(O)c1csc(Nc2ccc(F)cc2I)n1. The van der Waals surface area contributed by atoms with Crippen molar-refractivity contribution in [1.82, 2.24) is 4.98 Å². The van der Waals surface area contributed by atoms with Crippen molar-refractivity contribution in [2.45, 2.75) is 0 Å². The zero-order valence-electron chi connectivity index (χ0n) is 8.28. The highest BCUT2D eigenvalue weighted by molar-refractivity contribution is 14.1. The monoisotopic (exact) mass is 364 g/mol. The zero-order chi connectivity index (χ0) is 12.4. The number of carbonyl (C=O) groups is 1. The summed E-state index contributed by atoms with van der Waals surface area (Å²) in [5.41, 5.74) is 0.688. The van der Waals surface area contributed by atoms with E-state index < -0.39 is 5.97 Å². The summed E-state index contributed by atoms with van der Waals surface area (Å²) in [6.07, 6.45) is 0. The summed E-state index contributed by atoms with van der Waals surface area (Å²) >= 11 is 3.18. The smallest absolute Gasteiger partial charge is 0.355 e. The Bertz CT molecular complexity index is 573. The van der Waals surface area contributed by atoms with Crippen LogP contribution in [0.25, 0.3) is 0 Å². The van der Waals surface area contributed by atoms with E-state index in [4.69, 9.17) is 5.11 Å². The lowest BCUT2D eigenvalue weighted by Gasteiger charge is -2.04. The van der Waals surface area contributed by atoms with Gasteiger partial charge >= 0.3 is 5.97 Å². The second-order valence-electron chi connectivity index (χ2n) is 3.09. The van der Waals surface area contributed by atoms with Crippen molar-refractivity contribution < 1.29 is 14.3 Å². The third-order valence-electron chi connectivity index (χ3n) is 1.90. The van der Waals surface area contributed by atoms with Gasteiger partial charge in [0.2, 0.25) is 0 Å². The summed E-state index contributed by atoms with van der Waals surface area (Å²) in [5, 5.41) is 13.6. The Morgan fingerprint density at radius 1 is 1.53 bits per heavy atom. The lowest BCUT2D eigenvalue weighted by Crippen LogP contribution is -1.98.